The summed E-state index contributed by atoms with van der Waals surface area (Å²) in [6.45, 7) is 0. The van der Waals surface area contributed by atoms with Gasteiger partial charge in [0.1, 0.15) is 11.6 Å². The summed E-state index contributed by atoms with van der Waals surface area (Å²) in [6, 6.07) is 8.65. The minimum Gasteiger partial charge on any atom is -0.451 e. The molecule has 0 aliphatic carbocycles. The molecule has 2 heterocycles. The van der Waals surface area contributed by atoms with E-state index in [1.54, 1.807) is 18.2 Å². The monoisotopic (exact) mass is 323 g/mol. The van der Waals surface area contributed by atoms with Crippen LogP contribution in [0.2, 0.25) is 0 Å². The molecule has 1 fully saturated rings. The van der Waals surface area contributed by atoms with E-state index in [1.807, 2.05) is 0 Å². The van der Waals surface area contributed by atoms with Gasteiger partial charge in [0.15, 0.2) is 15.6 Å². The molecule has 1 aliphatic heterocycles. The molecule has 0 saturated carbocycles. The zero-order valence-electron chi connectivity index (χ0n) is 11.6. The number of hydrogen-bond donors (Lipinski definition) is 1. The maximum Gasteiger partial charge on any atom is 0.287 e. The van der Waals surface area contributed by atoms with E-state index in [1.165, 1.54) is 18.2 Å². The average molecular weight is 323 g/mol. The Balaban J connectivity index is 1.74. The second-order valence-corrected chi connectivity index (χ2v) is 7.45. The van der Waals surface area contributed by atoms with Crippen LogP contribution in [0.25, 0.3) is 11.3 Å². The molecule has 0 spiro atoms. The molecule has 1 saturated heterocycles. The molecule has 1 aliphatic rings. The van der Waals surface area contributed by atoms with Crippen LogP contribution in [-0.4, -0.2) is 31.9 Å². The summed E-state index contributed by atoms with van der Waals surface area (Å²) in [6.07, 6.45) is 0.398. The van der Waals surface area contributed by atoms with E-state index < -0.39 is 27.6 Å². The van der Waals surface area contributed by atoms with Crippen molar-refractivity contribution in [2.24, 2.45) is 0 Å². The fourth-order valence-corrected chi connectivity index (χ4v) is 4.10. The third-order valence-electron chi connectivity index (χ3n) is 3.54. The molecule has 1 atom stereocenters. The number of halogens is 1. The number of rotatable bonds is 3. The molecule has 22 heavy (non-hydrogen) atoms. The topological polar surface area (TPSA) is 76.4 Å². The van der Waals surface area contributed by atoms with Gasteiger partial charge in [0, 0.05) is 6.04 Å². The first-order valence-electron chi connectivity index (χ1n) is 6.81. The molecule has 0 bridgehead atoms. The smallest absolute Gasteiger partial charge is 0.287 e. The number of carbonyl (C=O) groups is 1. The van der Waals surface area contributed by atoms with Crippen LogP contribution in [0.5, 0.6) is 0 Å². The number of carbonyl (C=O) groups excluding carboxylic acids is 1. The van der Waals surface area contributed by atoms with Crippen LogP contribution in [0.3, 0.4) is 0 Å². The van der Waals surface area contributed by atoms with E-state index in [0.717, 1.165) is 0 Å². The van der Waals surface area contributed by atoms with Crippen molar-refractivity contribution in [2.75, 3.05) is 11.5 Å². The average Bonchev–Trinajstić information content (AvgIpc) is 3.06. The SMILES string of the molecule is O=C(NC1CCS(=O)(=O)C1)c1ccc(-c2ccccc2F)o1. The van der Waals surface area contributed by atoms with Gasteiger partial charge in [0.2, 0.25) is 0 Å². The van der Waals surface area contributed by atoms with Gasteiger partial charge in [-0.2, -0.15) is 0 Å². The number of furan rings is 1. The largest absolute Gasteiger partial charge is 0.451 e. The molecule has 1 aromatic carbocycles. The van der Waals surface area contributed by atoms with Crippen molar-refractivity contribution in [3.05, 3.63) is 48.0 Å². The summed E-state index contributed by atoms with van der Waals surface area (Å²) >= 11 is 0. The third kappa shape index (κ3) is 3.04. The van der Waals surface area contributed by atoms with Gasteiger partial charge in [-0.05, 0) is 30.7 Å². The van der Waals surface area contributed by atoms with Crippen molar-refractivity contribution in [1.82, 2.24) is 5.32 Å². The van der Waals surface area contributed by atoms with Gasteiger partial charge in [0.05, 0.1) is 17.1 Å². The highest BCUT2D eigenvalue weighted by Gasteiger charge is 2.29. The summed E-state index contributed by atoms with van der Waals surface area (Å²) in [5.74, 6) is -0.629. The molecule has 1 aromatic heterocycles. The van der Waals surface area contributed by atoms with Gasteiger partial charge >= 0.3 is 0 Å². The van der Waals surface area contributed by atoms with Crippen molar-refractivity contribution in [1.29, 1.82) is 0 Å². The van der Waals surface area contributed by atoms with Gasteiger partial charge < -0.3 is 9.73 Å². The molecule has 1 unspecified atom stereocenters. The number of amides is 1. The van der Waals surface area contributed by atoms with Gasteiger partial charge in [0.25, 0.3) is 5.91 Å². The molecule has 1 amide bonds. The standard InChI is InChI=1S/C15H14FNO4S/c16-12-4-2-1-3-11(12)13-5-6-14(21-13)15(18)17-10-7-8-22(19,20)9-10/h1-6,10H,7-9H2,(H,17,18). The predicted molar refractivity (Wildman–Crippen MR) is 78.6 cm³/mol. The van der Waals surface area contributed by atoms with E-state index in [0.29, 0.717) is 6.42 Å². The molecular formula is C15H14FNO4S. The van der Waals surface area contributed by atoms with Gasteiger partial charge in [-0.3, -0.25) is 4.79 Å². The Kier molecular flexibility index (Phi) is 3.74. The molecule has 7 heteroatoms. The van der Waals surface area contributed by atoms with Crippen LogP contribution in [0, 0.1) is 5.82 Å². The van der Waals surface area contributed by atoms with Crippen LogP contribution < -0.4 is 5.32 Å². The second-order valence-electron chi connectivity index (χ2n) is 5.22. The lowest BCUT2D eigenvalue weighted by Crippen LogP contribution is -2.35. The number of nitrogens with one attached hydrogen (secondary N) is 1. The van der Waals surface area contributed by atoms with Crippen molar-refractivity contribution >= 4 is 15.7 Å². The molecule has 5 nitrogen and oxygen atoms in total. The molecular weight excluding hydrogens is 309 g/mol. The molecule has 0 radical (unpaired) electrons. The quantitative estimate of drug-likeness (QED) is 0.937. The molecule has 116 valence electrons. The van der Waals surface area contributed by atoms with E-state index in [4.69, 9.17) is 4.42 Å². The maximum absolute atomic E-state index is 13.7. The Morgan fingerprint density at radius 2 is 2.00 bits per heavy atom. The van der Waals surface area contributed by atoms with Crippen molar-refractivity contribution < 1.29 is 22.0 Å². The summed E-state index contributed by atoms with van der Waals surface area (Å²) < 4.78 is 41.8. The zero-order valence-corrected chi connectivity index (χ0v) is 12.4. The minimum absolute atomic E-state index is 0.0301. The Labute approximate surface area is 127 Å². The van der Waals surface area contributed by atoms with Crippen molar-refractivity contribution in [2.45, 2.75) is 12.5 Å². The predicted octanol–water partition coefficient (Wildman–Crippen LogP) is 2.00. The third-order valence-corrected chi connectivity index (χ3v) is 5.30. The minimum atomic E-state index is -3.06. The molecule has 1 N–H and O–H groups in total. The van der Waals surface area contributed by atoms with Crippen molar-refractivity contribution in [3.63, 3.8) is 0 Å². The van der Waals surface area contributed by atoms with Gasteiger partial charge in [-0.25, -0.2) is 12.8 Å². The van der Waals surface area contributed by atoms with E-state index in [-0.39, 0.29) is 28.6 Å². The summed E-state index contributed by atoms with van der Waals surface area (Å²) in [5.41, 5.74) is 0.269. The fraction of sp³-hybridized carbons (Fsp3) is 0.267. The molecule has 2 aromatic rings. The first kappa shape index (κ1) is 14.8. The highest BCUT2D eigenvalue weighted by molar-refractivity contribution is 7.91. The maximum atomic E-state index is 13.7. The highest BCUT2D eigenvalue weighted by atomic mass is 32.2. The van der Waals surface area contributed by atoms with E-state index in [2.05, 4.69) is 5.32 Å². The molecule has 3 rings (SSSR count). The summed E-state index contributed by atoms with van der Waals surface area (Å²) in [4.78, 5) is 12.0. The summed E-state index contributed by atoms with van der Waals surface area (Å²) in [7, 11) is -3.06. The Morgan fingerprint density at radius 3 is 2.68 bits per heavy atom. The lowest BCUT2D eigenvalue weighted by molar-refractivity contribution is 0.0914. The number of hydrogen-bond acceptors (Lipinski definition) is 4. The number of sulfone groups is 1. The lowest BCUT2D eigenvalue weighted by atomic mass is 10.1. The lowest BCUT2D eigenvalue weighted by Gasteiger charge is -2.08. The number of benzene rings is 1. The van der Waals surface area contributed by atoms with Gasteiger partial charge in [-0.15, -0.1) is 0 Å². The first-order valence-corrected chi connectivity index (χ1v) is 8.63. The Bertz CT molecular complexity index is 812. The van der Waals surface area contributed by atoms with Crippen LogP contribution in [0.1, 0.15) is 17.0 Å². The normalized spacial score (nSPS) is 20.0. The van der Waals surface area contributed by atoms with Crippen molar-refractivity contribution in [3.8, 4) is 11.3 Å². The van der Waals surface area contributed by atoms with Crippen LogP contribution in [-0.2, 0) is 9.84 Å². The fourth-order valence-electron chi connectivity index (χ4n) is 2.43. The Morgan fingerprint density at radius 1 is 1.23 bits per heavy atom. The van der Waals surface area contributed by atoms with Gasteiger partial charge in [-0.1, -0.05) is 12.1 Å². The van der Waals surface area contributed by atoms with E-state index >= 15 is 0 Å². The van der Waals surface area contributed by atoms with Crippen LogP contribution in [0.4, 0.5) is 4.39 Å². The first-order chi connectivity index (χ1) is 10.4. The zero-order chi connectivity index (χ0) is 15.7. The van der Waals surface area contributed by atoms with Crippen LogP contribution >= 0.6 is 0 Å². The highest BCUT2D eigenvalue weighted by Crippen LogP contribution is 2.25. The van der Waals surface area contributed by atoms with Crippen LogP contribution in [0.15, 0.2) is 40.8 Å². The van der Waals surface area contributed by atoms with E-state index in [9.17, 15) is 17.6 Å². The summed E-state index contributed by atoms with van der Waals surface area (Å²) in [5, 5.41) is 2.62. The second kappa shape index (κ2) is 5.57. The Hall–Kier alpha value is -2.15.